The zero-order valence-electron chi connectivity index (χ0n) is 14.5. The molecule has 1 saturated heterocycles. The molecule has 0 N–H and O–H groups in total. The van der Waals surface area contributed by atoms with Crippen molar-refractivity contribution in [2.75, 3.05) is 31.2 Å². The molecule has 4 nitrogen and oxygen atoms in total. The molecule has 4 heteroatoms. The number of allylic oxidation sites excluding steroid dienone is 1. The SMILES string of the molecule is C=Cc1ccc(C(=O)C(C#N)=Cc2ccc(N3CCOCC3)cc2)cc1. The van der Waals surface area contributed by atoms with E-state index in [-0.39, 0.29) is 11.4 Å². The molecule has 0 unspecified atom stereocenters. The highest BCUT2D eigenvalue weighted by Crippen LogP contribution is 2.19. The maximum atomic E-state index is 12.6. The first kappa shape index (κ1) is 17.7. The van der Waals surface area contributed by atoms with E-state index < -0.39 is 0 Å². The normalized spacial score (nSPS) is 14.6. The van der Waals surface area contributed by atoms with Gasteiger partial charge in [-0.05, 0) is 29.3 Å². The number of rotatable bonds is 5. The lowest BCUT2D eigenvalue weighted by atomic mass is 10.0. The molecule has 0 spiro atoms. The smallest absolute Gasteiger partial charge is 0.203 e. The number of carbonyl (C=O) groups is 1. The van der Waals surface area contributed by atoms with Crippen LogP contribution in [0.5, 0.6) is 0 Å². The Labute approximate surface area is 153 Å². The number of ketones is 1. The highest BCUT2D eigenvalue weighted by Gasteiger charge is 2.13. The Morgan fingerprint density at radius 3 is 2.23 bits per heavy atom. The Balaban J connectivity index is 1.78. The molecule has 0 atom stereocenters. The molecule has 0 aliphatic carbocycles. The van der Waals surface area contributed by atoms with E-state index in [9.17, 15) is 10.1 Å². The number of hydrogen-bond donors (Lipinski definition) is 0. The van der Waals surface area contributed by atoms with E-state index in [1.54, 1.807) is 24.3 Å². The number of ether oxygens (including phenoxy) is 1. The minimum atomic E-state index is -0.277. The molecule has 3 rings (SSSR count). The van der Waals surface area contributed by atoms with Gasteiger partial charge < -0.3 is 9.64 Å². The van der Waals surface area contributed by atoms with Crippen molar-refractivity contribution >= 4 is 23.6 Å². The van der Waals surface area contributed by atoms with Crippen LogP contribution in [0, 0.1) is 11.3 Å². The second-order valence-corrected chi connectivity index (χ2v) is 6.02. The summed E-state index contributed by atoms with van der Waals surface area (Å²) in [5.41, 5.74) is 3.50. The number of Topliss-reactive ketones (excluding diaryl/α,β-unsaturated/α-hetero) is 1. The zero-order valence-corrected chi connectivity index (χ0v) is 14.5. The van der Waals surface area contributed by atoms with Crippen molar-refractivity contribution < 1.29 is 9.53 Å². The third kappa shape index (κ3) is 4.08. The Kier molecular flexibility index (Phi) is 5.62. The van der Waals surface area contributed by atoms with Crippen LogP contribution in [-0.2, 0) is 4.74 Å². The molecule has 1 heterocycles. The molecule has 0 amide bonds. The fourth-order valence-corrected chi connectivity index (χ4v) is 2.84. The number of nitrogens with zero attached hydrogens (tertiary/aromatic N) is 2. The van der Waals surface area contributed by atoms with Crippen LogP contribution in [0.4, 0.5) is 5.69 Å². The van der Waals surface area contributed by atoms with Crippen molar-refractivity contribution in [3.05, 3.63) is 77.4 Å². The summed E-state index contributed by atoms with van der Waals surface area (Å²) >= 11 is 0. The van der Waals surface area contributed by atoms with Gasteiger partial charge in [-0.25, -0.2) is 0 Å². The Bertz CT molecular complexity index is 853. The lowest BCUT2D eigenvalue weighted by Crippen LogP contribution is -2.36. The lowest BCUT2D eigenvalue weighted by Gasteiger charge is -2.28. The fourth-order valence-electron chi connectivity index (χ4n) is 2.84. The quantitative estimate of drug-likeness (QED) is 0.468. The largest absolute Gasteiger partial charge is 0.378 e. The summed E-state index contributed by atoms with van der Waals surface area (Å²) in [6, 6.07) is 16.9. The summed E-state index contributed by atoms with van der Waals surface area (Å²) in [4.78, 5) is 14.8. The van der Waals surface area contributed by atoms with E-state index >= 15 is 0 Å². The molecule has 0 saturated carbocycles. The monoisotopic (exact) mass is 344 g/mol. The highest BCUT2D eigenvalue weighted by molar-refractivity contribution is 6.14. The van der Waals surface area contributed by atoms with Crippen molar-refractivity contribution in [2.45, 2.75) is 0 Å². The maximum Gasteiger partial charge on any atom is 0.203 e. The van der Waals surface area contributed by atoms with Gasteiger partial charge in [0.25, 0.3) is 0 Å². The van der Waals surface area contributed by atoms with Gasteiger partial charge >= 0.3 is 0 Å². The standard InChI is InChI=1S/C22H20N2O2/c1-2-17-3-7-19(8-4-17)22(25)20(16-23)15-18-5-9-21(10-6-18)24-11-13-26-14-12-24/h2-10,15H,1,11-14H2. The van der Waals surface area contributed by atoms with Gasteiger partial charge in [-0.1, -0.05) is 49.1 Å². The van der Waals surface area contributed by atoms with Gasteiger partial charge in [0.1, 0.15) is 11.6 Å². The Morgan fingerprint density at radius 2 is 1.65 bits per heavy atom. The molecule has 0 radical (unpaired) electrons. The van der Waals surface area contributed by atoms with Gasteiger partial charge in [0.05, 0.1) is 13.2 Å². The van der Waals surface area contributed by atoms with Crippen LogP contribution in [0.25, 0.3) is 12.2 Å². The molecule has 0 aromatic heterocycles. The lowest BCUT2D eigenvalue weighted by molar-refractivity contribution is 0.104. The van der Waals surface area contributed by atoms with Crippen molar-refractivity contribution in [1.29, 1.82) is 5.26 Å². The number of morpholine rings is 1. The third-order valence-electron chi connectivity index (χ3n) is 4.35. The second kappa shape index (κ2) is 8.28. The summed E-state index contributed by atoms with van der Waals surface area (Å²) in [5.74, 6) is -0.277. The van der Waals surface area contributed by atoms with E-state index in [2.05, 4.69) is 11.5 Å². The first-order valence-corrected chi connectivity index (χ1v) is 8.53. The van der Waals surface area contributed by atoms with Crippen LogP contribution in [0.2, 0.25) is 0 Å². The summed E-state index contributed by atoms with van der Waals surface area (Å²) in [6.45, 7) is 6.91. The second-order valence-electron chi connectivity index (χ2n) is 6.02. The molecule has 1 aliphatic heterocycles. The molecular formula is C22H20N2O2. The number of anilines is 1. The predicted molar refractivity (Wildman–Crippen MR) is 104 cm³/mol. The van der Waals surface area contributed by atoms with Crippen molar-refractivity contribution in [1.82, 2.24) is 0 Å². The molecule has 1 fully saturated rings. The topological polar surface area (TPSA) is 53.3 Å². The van der Waals surface area contributed by atoms with Gasteiger partial charge in [0.15, 0.2) is 0 Å². The van der Waals surface area contributed by atoms with Gasteiger partial charge in [-0.2, -0.15) is 5.26 Å². The highest BCUT2D eigenvalue weighted by atomic mass is 16.5. The van der Waals surface area contributed by atoms with E-state index in [0.717, 1.165) is 43.1 Å². The molecule has 26 heavy (non-hydrogen) atoms. The van der Waals surface area contributed by atoms with Crippen molar-refractivity contribution in [3.8, 4) is 6.07 Å². The summed E-state index contributed by atoms with van der Waals surface area (Å²) in [5, 5.41) is 9.40. The van der Waals surface area contributed by atoms with Gasteiger partial charge in [-0.15, -0.1) is 0 Å². The number of benzene rings is 2. The molecule has 2 aromatic rings. The van der Waals surface area contributed by atoms with Crippen LogP contribution in [-0.4, -0.2) is 32.1 Å². The Hall–Kier alpha value is -3.16. The van der Waals surface area contributed by atoms with E-state index in [1.807, 2.05) is 42.5 Å². The predicted octanol–water partition coefficient (Wildman–Crippen LogP) is 3.96. The number of nitriles is 1. The van der Waals surface area contributed by atoms with Crippen LogP contribution in [0.15, 0.2) is 60.7 Å². The van der Waals surface area contributed by atoms with Gasteiger partial charge in [0, 0.05) is 24.3 Å². The maximum absolute atomic E-state index is 12.6. The molecule has 1 aliphatic rings. The van der Waals surface area contributed by atoms with Crippen LogP contribution in [0.3, 0.4) is 0 Å². The fraction of sp³-hybridized carbons (Fsp3) is 0.182. The minimum absolute atomic E-state index is 0.121. The zero-order chi connectivity index (χ0) is 18.4. The van der Waals surface area contributed by atoms with Crippen LogP contribution >= 0.6 is 0 Å². The minimum Gasteiger partial charge on any atom is -0.378 e. The average Bonchev–Trinajstić information content (AvgIpc) is 2.72. The first-order chi connectivity index (χ1) is 12.7. The summed E-state index contributed by atoms with van der Waals surface area (Å²) < 4.78 is 5.36. The average molecular weight is 344 g/mol. The van der Waals surface area contributed by atoms with E-state index in [4.69, 9.17) is 4.74 Å². The van der Waals surface area contributed by atoms with Crippen molar-refractivity contribution in [2.24, 2.45) is 0 Å². The van der Waals surface area contributed by atoms with Crippen LogP contribution < -0.4 is 4.90 Å². The van der Waals surface area contributed by atoms with Gasteiger partial charge in [-0.3, -0.25) is 4.79 Å². The third-order valence-corrected chi connectivity index (χ3v) is 4.35. The van der Waals surface area contributed by atoms with E-state index in [0.29, 0.717) is 5.56 Å². The van der Waals surface area contributed by atoms with E-state index in [1.165, 1.54) is 0 Å². The summed E-state index contributed by atoms with van der Waals surface area (Å²) in [6.07, 6.45) is 3.35. The molecular weight excluding hydrogens is 324 g/mol. The molecule has 2 aromatic carbocycles. The number of hydrogen-bond acceptors (Lipinski definition) is 4. The molecule has 0 bridgehead atoms. The van der Waals surface area contributed by atoms with Crippen LogP contribution in [0.1, 0.15) is 21.5 Å². The van der Waals surface area contributed by atoms with Gasteiger partial charge in [0.2, 0.25) is 5.78 Å². The number of carbonyl (C=O) groups excluding carboxylic acids is 1. The summed E-state index contributed by atoms with van der Waals surface area (Å²) in [7, 11) is 0. The molecule has 130 valence electrons. The van der Waals surface area contributed by atoms with Crippen molar-refractivity contribution in [3.63, 3.8) is 0 Å². The Morgan fingerprint density at radius 1 is 1.04 bits per heavy atom. The first-order valence-electron chi connectivity index (χ1n) is 8.53.